The third-order valence-corrected chi connectivity index (χ3v) is 2.29. The summed E-state index contributed by atoms with van der Waals surface area (Å²) in [5.74, 6) is -0.841. The second kappa shape index (κ2) is 3.72. The van der Waals surface area contributed by atoms with Gasteiger partial charge in [0.25, 0.3) is 0 Å². The summed E-state index contributed by atoms with van der Waals surface area (Å²) < 4.78 is 0. The number of aliphatic carboxylic acids is 1. The van der Waals surface area contributed by atoms with Gasteiger partial charge >= 0.3 is 5.97 Å². The lowest BCUT2D eigenvalue weighted by molar-refractivity contribution is -0.144. The number of carbonyl (C=O) groups is 1. The van der Waals surface area contributed by atoms with Gasteiger partial charge in [-0.3, -0.25) is 4.79 Å². The van der Waals surface area contributed by atoms with Gasteiger partial charge in [0.15, 0.2) is 0 Å². The van der Waals surface area contributed by atoms with Crippen molar-refractivity contribution in [1.29, 1.82) is 0 Å². The summed E-state index contributed by atoms with van der Waals surface area (Å²) in [6.07, 6.45) is 1.63. The fourth-order valence-electron chi connectivity index (χ4n) is 1.31. The predicted octanol–water partition coefficient (Wildman–Crippen LogP) is 1.22. The molecular formula is C8H17NO2. The SMILES string of the molecule is CCC(CC)[C@](C)(N)C(=O)O. The minimum atomic E-state index is -1.07. The predicted molar refractivity (Wildman–Crippen MR) is 44.3 cm³/mol. The Kier molecular flexibility index (Phi) is 3.52. The Balaban J connectivity index is 4.36. The molecule has 0 bridgehead atoms. The molecule has 0 aliphatic carbocycles. The molecule has 11 heavy (non-hydrogen) atoms. The van der Waals surface area contributed by atoms with E-state index in [1.54, 1.807) is 6.92 Å². The fourth-order valence-corrected chi connectivity index (χ4v) is 1.31. The molecule has 0 aromatic carbocycles. The molecule has 0 radical (unpaired) electrons. The van der Waals surface area contributed by atoms with Crippen molar-refractivity contribution in [2.24, 2.45) is 11.7 Å². The van der Waals surface area contributed by atoms with E-state index >= 15 is 0 Å². The molecule has 3 nitrogen and oxygen atoms in total. The van der Waals surface area contributed by atoms with E-state index in [9.17, 15) is 4.79 Å². The number of rotatable bonds is 4. The van der Waals surface area contributed by atoms with Crippen molar-refractivity contribution in [2.75, 3.05) is 0 Å². The monoisotopic (exact) mass is 159 g/mol. The lowest BCUT2D eigenvalue weighted by Gasteiger charge is -2.28. The number of nitrogens with two attached hydrogens (primary N) is 1. The molecule has 0 aromatic rings. The van der Waals surface area contributed by atoms with E-state index in [4.69, 9.17) is 10.8 Å². The Morgan fingerprint density at radius 1 is 1.55 bits per heavy atom. The van der Waals surface area contributed by atoms with Gasteiger partial charge in [-0.25, -0.2) is 0 Å². The number of carboxylic acids is 1. The Labute approximate surface area is 67.6 Å². The molecule has 0 saturated carbocycles. The molecule has 1 atom stereocenters. The van der Waals surface area contributed by atoms with Gasteiger partial charge < -0.3 is 10.8 Å². The van der Waals surface area contributed by atoms with Crippen molar-refractivity contribution in [2.45, 2.75) is 39.2 Å². The van der Waals surface area contributed by atoms with Crippen LogP contribution in [0.1, 0.15) is 33.6 Å². The standard InChI is InChI=1S/C8H17NO2/c1-4-6(5-2)8(3,9)7(10)11/h6H,4-5,9H2,1-3H3,(H,10,11)/t8-/m0/s1. The van der Waals surface area contributed by atoms with E-state index < -0.39 is 11.5 Å². The van der Waals surface area contributed by atoms with E-state index in [0.29, 0.717) is 0 Å². The molecule has 0 aliphatic rings. The maximum atomic E-state index is 10.7. The molecular weight excluding hydrogens is 142 g/mol. The van der Waals surface area contributed by atoms with E-state index in [1.165, 1.54) is 0 Å². The Hall–Kier alpha value is -0.570. The molecule has 0 fully saturated rings. The van der Waals surface area contributed by atoms with Gasteiger partial charge in [-0.2, -0.15) is 0 Å². The highest BCUT2D eigenvalue weighted by molar-refractivity contribution is 5.78. The van der Waals surface area contributed by atoms with Crippen molar-refractivity contribution in [3.8, 4) is 0 Å². The molecule has 0 amide bonds. The average molecular weight is 159 g/mol. The van der Waals surface area contributed by atoms with E-state index in [1.807, 2.05) is 13.8 Å². The third-order valence-electron chi connectivity index (χ3n) is 2.29. The Bertz CT molecular complexity index is 139. The number of hydrogen-bond acceptors (Lipinski definition) is 2. The second-order valence-electron chi connectivity index (χ2n) is 3.10. The summed E-state index contributed by atoms with van der Waals surface area (Å²) in [5, 5.41) is 8.75. The molecule has 0 heterocycles. The van der Waals surface area contributed by atoms with Crippen molar-refractivity contribution < 1.29 is 9.90 Å². The highest BCUT2D eigenvalue weighted by atomic mass is 16.4. The van der Waals surface area contributed by atoms with Crippen LogP contribution in [0.3, 0.4) is 0 Å². The van der Waals surface area contributed by atoms with Crippen LogP contribution in [0.25, 0.3) is 0 Å². The van der Waals surface area contributed by atoms with E-state index in [2.05, 4.69) is 0 Å². The van der Waals surface area contributed by atoms with Crippen LogP contribution in [-0.4, -0.2) is 16.6 Å². The summed E-state index contributed by atoms with van der Waals surface area (Å²) in [7, 11) is 0. The van der Waals surface area contributed by atoms with Crippen LogP contribution >= 0.6 is 0 Å². The molecule has 0 spiro atoms. The minimum absolute atomic E-state index is 0.0694. The van der Waals surface area contributed by atoms with Crippen molar-refractivity contribution >= 4 is 5.97 Å². The van der Waals surface area contributed by atoms with Crippen LogP contribution in [0.4, 0.5) is 0 Å². The molecule has 3 heteroatoms. The van der Waals surface area contributed by atoms with Gasteiger partial charge in [-0.15, -0.1) is 0 Å². The van der Waals surface area contributed by atoms with Crippen molar-refractivity contribution in [1.82, 2.24) is 0 Å². The fraction of sp³-hybridized carbons (Fsp3) is 0.875. The average Bonchev–Trinajstić information content (AvgIpc) is 1.89. The largest absolute Gasteiger partial charge is 0.480 e. The maximum Gasteiger partial charge on any atom is 0.323 e. The topological polar surface area (TPSA) is 63.3 Å². The van der Waals surface area contributed by atoms with Gasteiger partial charge in [-0.1, -0.05) is 26.7 Å². The maximum absolute atomic E-state index is 10.7. The van der Waals surface area contributed by atoms with Crippen LogP contribution < -0.4 is 5.73 Å². The first kappa shape index (κ1) is 10.4. The molecule has 3 N–H and O–H groups in total. The molecule has 0 saturated heterocycles. The lowest BCUT2D eigenvalue weighted by atomic mass is 9.83. The van der Waals surface area contributed by atoms with Crippen LogP contribution in [0, 0.1) is 5.92 Å². The van der Waals surface area contributed by atoms with Crippen molar-refractivity contribution in [3.63, 3.8) is 0 Å². The van der Waals surface area contributed by atoms with Crippen LogP contribution in [0.5, 0.6) is 0 Å². The zero-order valence-corrected chi connectivity index (χ0v) is 7.42. The quantitative estimate of drug-likeness (QED) is 0.648. The molecule has 0 aliphatic heterocycles. The van der Waals surface area contributed by atoms with Gasteiger partial charge in [0.1, 0.15) is 5.54 Å². The lowest BCUT2D eigenvalue weighted by Crippen LogP contribution is -2.51. The molecule has 0 aromatic heterocycles. The normalized spacial score (nSPS) is 16.5. The summed E-state index contributed by atoms with van der Waals surface area (Å²) in [6, 6.07) is 0. The highest BCUT2D eigenvalue weighted by Gasteiger charge is 2.34. The molecule has 0 rings (SSSR count). The first-order valence-electron chi connectivity index (χ1n) is 3.99. The summed E-state index contributed by atoms with van der Waals surface area (Å²) in [6.45, 7) is 5.50. The van der Waals surface area contributed by atoms with Gasteiger partial charge in [-0.05, 0) is 12.8 Å². The molecule has 0 unspecified atom stereocenters. The van der Waals surface area contributed by atoms with Crippen LogP contribution in [-0.2, 0) is 4.79 Å². The first-order valence-corrected chi connectivity index (χ1v) is 3.99. The third kappa shape index (κ3) is 2.19. The van der Waals surface area contributed by atoms with E-state index in [0.717, 1.165) is 12.8 Å². The Morgan fingerprint density at radius 3 is 2.00 bits per heavy atom. The Morgan fingerprint density at radius 2 is 1.91 bits per heavy atom. The van der Waals surface area contributed by atoms with Crippen LogP contribution in [0.15, 0.2) is 0 Å². The van der Waals surface area contributed by atoms with E-state index in [-0.39, 0.29) is 5.92 Å². The first-order chi connectivity index (χ1) is 4.96. The van der Waals surface area contributed by atoms with Gasteiger partial charge in [0.2, 0.25) is 0 Å². The summed E-state index contributed by atoms with van der Waals surface area (Å²) in [4.78, 5) is 10.7. The van der Waals surface area contributed by atoms with Crippen molar-refractivity contribution in [3.05, 3.63) is 0 Å². The smallest absolute Gasteiger partial charge is 0.323 e. The number of hydrogen-bond donors (Lipinski definition) is 2. The summed E-state index contributed by atoms with van der Waals surface area (Å²) in [5.41, 5.74) is 4.56. The zero-order chi connectivity index (χ0) is 9.07. The van der Waals surface area contributed by atoms with Crippen LogP contribution in [0.2, 0.25) is 0 Å². The van der Waals surface area contributed by atoms with Gasteiger partial charge in [0.05, 0.1) is 0 Å². The summed E-state index contributed by atoms with van der Waals surface area (Å²) >= 11 is 0. The highest BCUT2D eigenvalue weighted by Crippen LogP contribution is 2.21. The number of carboxylic acid groups (broad SMARTS) is 1. The van der Waals surface area contributed by atoms with Gasteiger partial charge in [0, 0.05) is 0 Å². The molecule has 66 valence electrons. The minimum Gasteiger partial charge on any atom is -0.480 e. The zero-order valence-electron chi connectivity index (χ0n) is 7.42. The second-order valence-corrected chi connectivity index (χ2v) is 3.10.